The van der Waals surface area contributed by atoms with Gasteiger partial charge in [-0.2, -0.15) is 11.3 Å². The van der Waals surface area contributed by atoms with Gasteiger partial charge in [0.25, 0.3) is 5.91 Å². The molecular weight excluding hydrogens is 284 g/mol. The van der Waals surface area contributed by atoms with E-state index >= 15 is 0 Å². The lowest BCUT2D eigenvalue weighted by molar-refractivity contribution is -0.137. The molecule has 1 amide bonds. The predicted molar refractivity (Wildman–Crippen MR) is 74.6 cm³/mol. The fraction of sp³-hybridized carbons (Fsp3) is 0.250. The highest BCUT2D eigenvalue weighted by Gasteiger charge is 2.11. The van der Waals surface area contributed by atoms with Crippen LogP contribution < -0.4 is 5.32 Å². The van der Waals surface area contributed by atoms with E-state index in [4.69, 9.17) is 5.11 Å². The lowest BCUT2D eigenvalue weighted by atomic mass is 10.3. The van der Waals surface area contributed by atoms with Crippen molar-refractivity contribution in [2.75, 3.05) is 6.54 Å². The summed E-state index contributed by atoms with van der Waals surface area (Å²) in [4.78, 5) is 26.4. The summed E-state index contributed by atoms with van der Waals surface area (Å²) in [7, 11) is 0. The van der Waals surface area contributed by atoms with E-state index in [1.54, 1.807) is 16.7 Å². The van der Waals surface area contributed by atoms with Crippen molar-refractivity contribution in [3.8, 4) is 10.6 Å². The molecule has 100 valence electrons. The molecular formula is C12H12N2O3S2. The number of aliphatic carboxylic acids is 1. The minimum absolute atomic E-state index is 0.0531. The van der Waals surface area contributed by atoms with E-state index in [-0.39, 0.29) is 12.3 Å². The van der Waals surface area contributed by atoms with Crippen LogP contribution >= 0.6 is 22.7 Å². The van der Waals surface area contributed by atoms with E-state index in [9.17, 15) is 9.59 Å². The van der Waals surface area contributed by atoms with Crippen LogP contribution in [0.15, 0.2) is 22.2 Å². The SMILES string of the molecule is O=C(O)CCCNC(=O)c1csc(-c2ccsc2)n1. The molecule has 2 N–H and O–H groups in total. The van der Waals surface area contributed by atoms with Crippen LogP contribution in [0.25, 0.3) is 10.6 Å². The smallest absolute Gasteiger partial charge is 0.303 e. The second kappa shape index (κ2) is 6.44. The average molecular weight is 296 g/mol. The number of thiazole rings is 1. The van der Waals surface area contributed by atoms with E-state index in [1.165, 1.54) is 11.3 Å². The summed E-state index contributed by atoms with van der Waals surface area (Å²) in [6.07, 6.45) is 0.472. The van der Waals surface area contributed by atoms with Gasteiger partial charge in [0.05, 0.1) is 0 Å². The van der Waals surface area contributed by atoms with Gasteiger partial charge in [0.1, 0.15) is 10.7 Å². The van der Waals surface area contributed by atoms with E-state index in [0.29, 0.717) is 18.7 Å². The van der Waals surface area contributed by atoms with Crippen LogP contribution in [0.1, 0.15) is 23.3 Å². The van der Waals surface area contributed by atoms with Crippen LogP contribution in [0.2, 0.25) is 0 Å². The van der Waals surface area contributed by atoms with Crippen LogP contribution in [-0.2, 0) is 4.79 Å². The predicted octanol–water partition coefficient (Wildman–Crippen LogP) is 2.47. The molecule has 0 saturated carbocycles. The first-order valence-corrected chi connectivity index (χ1v) is 7.47. The third-order valence-corrected chi connectivity index (χ3v) is 3.93. The first-order valence-electron chi connectivity index (χ1n) is 5.65. The Hall–Kier alpha value is -1.73. The van der Waals surface area contributed by atoms with Crippen molar-refractivity contribution in [2.45, 2.75) is 12.8 Å². The van der Waals surface area contributed by atoms with Crippen molar-refractivity contribution >= 4 is 34.6 Å². The molecule has 2 aromatic heterocycles. The van der Waals surface area contributed by atoms with Gasteiger partial charge in [0, 0.05) is 29.3 Å². The second-order valence-corrected chi connectivity index (χ2v) is 5.44. The maximum absolute atomic E-state index is 11.8. The standard InChI is InChI=1S/C12H12N2O3S2/c15-10(16)2-1-4-13-11(17)9-7-19-12(14-9)8-3-5-18-6-8/h3,5-7H,1-2,4H2,(H,13,17)(H,15,16). The zero-order chi connectivity index (χ0) is 13.7. The van der Waals surface area contributed by atoms with Gasteiger partial charge in [-0.1, -0.05) is 0 Å². The van der Waals surface area contributed by atoms with Gasteiger partial charge < -0.3 is 10.4 Å². The number of thiophene rings is 1. The Morgan fingerprint density at radius 3 is 2.89 bits per heavy atom. The van der Waals surface area contributed by atoms with E-state index < -0.39 is 5.97 Å². The van der Waals surface area contributed by atoms with Crippen molar-refractivity contribution in [3.05, 3.63) is 27.9 Å². The number of hydrogen-bond acceptors (Lipinski definition) is 5. The topological polar surface area (TPSA) is 79.3 Å². The fourth-order valence-electron chi connectivity index (χ4n) is 1.43. The van der Waals surface area contributed by atoms with Crippen LogP contribution in [0.3, 0.4) is 0 Å². The van der Waals surface area contributed by atoms with Gasteiger partial charge in [0.2, 0.25) is 0 Å². The second-order valence-electron chi connectivity index (χ2n) is 3.80. The molecule has 2 aromatic rings. The first-order chi connectivity index (χ1) is 9.16. The van der Waals surface area contributed by atoms with Gasteiger partial charge in [0.15, 0.2) is 0 Å². The summed E-state index contributed by atoms with van der Waals surface area (Å²) < 4.78 is 0. The molecule has 0 bridgehead atoms. The van der Waals surface area contributed by atoms with Crippen LogP contribution in [-0.4, -0.2) is 28.5 Å². The number of nitrogens with one attached hydrogen (secondary N) is 1. The average Bonchev–Trinajstić information content (AvgIpc) is 3.03. The number of nitrogens with zero attached hydrogens (tertiary/aromatic N) is 1. The molecule has 0 aromatic carbocycles. The van der Waals surface area contributed by atoms with Gasteiger partial charge in [-0.25, -0.2) is 4.98 Å². The number of aromatic nitrogens is 1. The van der Waals surface area contributed by atoms with Crippen LogP contribution in [0, 0.1) is 0 Å². The molecule has 0 aliphatic rings. The molecule has 0 spiro atoms. The van der Waals surface area contributed by atoms with Crippen molar-refractivity contribution in [1.29, 1.82) is 0 Å². The normalized spacial score (nSPS) is 10.3. The van der Waals surface area contributed by atoms with Crippen LogP contribution in [0.5, 0.6) is 0 Å². The highest BCUT2D eigenvalue weighted by molar-refractivity contribution is 7.14. The minimum Gasteiger partial charge on any atom is -0.481 e. The number of carboxylic acids is 1. The first kappa shape index (κ1) is 13.7. The van der Waals surface area contributed by atoms with Crippen molar-refractivity contribution < 1.29 is 14.7 Å². The summed E-state index contributed by atoms with van der Waals surface area (Å²) in [5.41, 5.74) is 1.39. The van der Waals surface area contributed by atoms with Crippen LogP contribution in [0.4, 0.5) is 0 Å². The molecule has 0 radical (unpaired) electrons. The fourth-order valence-corrected chi connectivity index (χ4v) is 2.94. The molecule has 7 heteroatoms. The van der Waals surface area contributed by atoms with Crippen molar-refractivity contribution in [1.82, 2.24) is 10.3 Å². The molecule has 0 fully saturated rings. The minimum atomic E-state index is -0.859. The summed E-state index contributed by atoms with van der Waals surface area (Å²) in [6.45, 7) is 0.344. The largest absolute Gasteiger partial charge is 0.481 e. The lowest BCUT2D eigenvalue weighted by Crippen LogP contribution is -2.25. The third kappa shape index (κ3) is 3.87. The third-order valence-electron chi connectivity index (χ3n) is 2.36. The quantitative estimate of drug-likeness (QED) is 0.803. The maximum atomic E-state index is 11.8. The summed E-state index contributed by atoms with van der Waals surface area (Å²) >= 11 is 3.00. The van der Waals surface area contributed by atoms with Crippen molar-refractivity contribution in [2.24, 2.45) is 0 Å². The number of rotatable bonds is 6. The number of hydrogen-bond donors (Lipinski definition) is 2. The van der Waals surface area contributed by atoms with E-state index in [2.05, 4.69) is 10.3 Å². The molecule has 5 nitrogen and oxygen atoms in total. The summed E-state index contributed by atoms with van der Waals surface area (Å²) in [6, 6.07) is 1.96. The number of carbonyl (C=O) groups is 2. The molecule has 0 saturated heterocycles. The summed E-state index contributed by atoms with van der Waals surface area (Å²) in [5, 5.41) is 17.6. The van der Waals surface area contributed by atoms with Gasteiger partial charge in [-0.3, -0.25) is 9.59 Å². The maximum Gasteiger partial charge on any atom is 0.303 e. The molecule has 0 aliphatic carbocycles. The molecule has 0 unspecified atom stereocenters. The Morgan fingerprint density at radius 1 is 1.37 bits per heavy atom. The Kier molecular flexibility index (Phi) is 4.64. The Bertz CT molecular complexity index is 563. The highest BCUT2D eigenvalue weighted by atomic mass is 32.1. The zero-order valence-corrected chi connectivity index (χ0v) is 11.6. The number of carboxylic acid groups (broad SMARTS) is 1. The molecule has 0 atom stereocenters. The van der Waals surface area contributed by atoms with Gasteiger partial charge in [-0.05, 0) is 17.9 Å². The summed E-state index contributed by atoms with van der Waals surface area (Å²) in [5.74, 6) is -1.12. The lowest BCUT2D eigenvalue weighted by Gasteiger charge is -2.00. The molecule has 2 rings (SSSR count). The Labute approximate surface area is 117 Å². The molecule has 19 heavy (non-hydrogen) atoms. The van der Waals surface area contributed by atoms with E-state index in [0.717, 1.165) is 10.6 Å². The molecule has 0 aliphatic heterocycles. The monoisotopic (exact) mass is 296 g/mol. The number of carbonyl (C=O) groups excluding carboxylic acids is 1. The van der Waals surface area contributed by atoms with Gasteiger partial charge >= 0.3 is 5.97 Å². The molecule has 2 heterocycles. The van der Waals surface area contributed by atoms with Crippen molar-refractivity contribution in [3.63, 3.8) is 0 Å². The number of amides is 1. The van der Waals surface area contributed by atoms with E-state index in [1.807, 2.05) is 16.8 Å². The Morgan fingerprint density at radius 2 is 2.21 bits per heavy atom. The Balaban J connectivity index is 1.88. The van der Waals surface area contributed by atoms with Gasteiger partial charge in [-0.15, -0.1) is 11.3 Å². The highest BCUT2D eigenvalue weighted by Crippen LogP contribution is 2.25. The zero-order valence-electron chi connectivity index (χ0n) is 9.96.